The van der Waals surface area contributed by atoms with E-state index >= 15 is 0 Å². The standard InChI is InChI=1S/C15H12FN3OS/c1-20-12-8-10(6-7-17-12)14-13(18-15(21)19-14)9-2-4-11(16)5-3-9/h2-8H,1H3,(H2,18,19,21). The summed E-state index contributed by atoms with van der Waals surface area (Å²) in [5.41, 5.74) is 3.34. The predicted octanol–water partition coefficient (Wildman–Crippen LogP) is 3.95. The molecule has 0 saturated carbocycles. The maximum atomic E-state index is 13.1. The number of aromatic amines is 2. The zero-order valence-corrected chi connectivity index (χ0v) is 12.0. The Morgan fingerprint density at radius 2 is 1.71 bits per heavy atom. The maximum absolute atomic E-state index is 13.1. The van der Waals surface area contributed by atoms with Gasteiger partial charge in [0.15, 0.2) is 4.77 Å². The molecule has 21 heavy (non-hydrogen) atoms. The van der Waals surface area contributed by atoms with Crippen LogP contribution in [-0.4, -0.2) is 22.1 Å². The van der Waals surface area contributed by atoms with Crippen LogP contribution in [0.1, 0.15) is 0 Å². The lowest BCUT2D eigenvalue weighted by Crippen LogP contribution is -1.89. The zero-order valence-electron chi connectivity index (χ0n) is 11.2. The third kappa shape index (κ3) is 2.71. The van der Waals surface area contributed by atoms with Crippen molar-refractivity contribution in [3.8, 4) is 28.4 Å². The number of nitrogens with one attached hydrogen (secondary N) is 2. The highest BCUT2D eigenvalue weighted by molar-refractivity contribution is 7.71. The Morgan fingerprint density at radius 1 is 1.05 bits per heavy atom. The fraction of sp³-hybridized carbons (Fsp3) is 0.0667. The minimum atomic E-state index is -0.278. The van der Waals surface area contributed by atoms with Gasteiger partial charge in [0.25, 0.3) is 0 Å². The molecule has 4 nitrogen and oxygen atoms in total. The number of nitrogens with zero attached hydrogens (tertiary/aromatic N) is 1. The van der Waals surface area contributed by atoms with Crippen molar-refractivity contribution in [3.05, 3.63) is 53.2 Å². The average Bonchev–Trinajstić information content (AvgIpc) is 2.90. The number of hydrogen-bond acceptors (Lipinski definition) is 3. The molecule has 0 saturated heterocycles. The van der Waals surface area contributed by atoms with Gasteiger partial charge in [0, 0.05) is 23.4 Å². The third-order valence-corrected chi connectivity index (χ3v) is 3.30. The van der Waals surface area contributed by atoms with Crippen molar-refractivity contribution in [1.29, 1.82) is 0 Å². The Hall–Kier alpha value is -2.47. The topological polar surface area (TPSA) is 53.7 Å². The van der Waals surface area contributed by atoms with Gasteiger partial charge in [0.1, 0.15) is 5.82 Å². The second kappa shape index (κ2) is 5.49. The van der Waals surface area contributed by atoms with Crippen LogP contribution in [0.3, 0.4) is 0 Å². The van der Waals surface area contributed by atoms with Gasteiger partial charge in [-0.2, -0.15) is 0 Å². The van der Waals surface area contributed by atoms with Crippen molar-refractivity contribution in [2.24, 2.45) is 0 Å². The average molecular weight is 301 g/mol. The van der Waals surface area contributed by atoms with Crippen LogP contribution < -0.4 is 4.74 Å². The SMILES string of the molecule is COc1cc(-c2[nH]c(=S)[nH]c2-c2ccc(F)cc2)ccn1. The number of hydrogen-bond donors (Lipinski definition) is 2. The first-order valence-corrected chi connectivity index (χ1v) is 6.67. The van der Waals surface area contributed by atoms with E-state index in [1.807, 2.05) is 12.1 Å². The van der Waals surface area contributed by atoms with E-state index in [1.165, 1.54) is 12.1 Å². The molecule has 0 aliphatic heterocycles. The summed E-state index contributed by atoms with van der Waals surface area (Å²) in [5.74, 6) is 0.234. The molecule has 0 unspecified atom stereocenters. The summed E-state index contributed by atoms with van der Waals surface area (Å²) in [5, 5.41) is 0. The van der Waals surface area contributed by atoms with E-state index in [-0.39, 0.29) is 5.82 Å². The van der Waals surface area contributed by atoms with Crippen molar-refractivity contribution in [1.82, 2.24) is 15.0 Å². The van der Waals surface area contributed by atoms with Crippen LogP contribution in [0.2, 0.25) is 0 Å². The van der Waals surface area contributed by atoms with Crippen LogP contribution in [0.25, 0.3) is 22.5 Å². The fourth-order valence-electron chi connectivity index (χ4n) is 2.11. The van der Waals surface area contributed by atoms with Crippen molar-refractivity contribution >= 4 is 12.2 Å². The molecule has 3 rings (SSSR count). The van der Waals surface area contributed by atoms with Gasteiger partial charge in [-0.25, -0.2) is 9.37 Å². The molecule has 0 aliphatic rings. The quantitative estimate of drug-likeness (QED) is 0.720. The lowest BCUT2D eigenvalue weighted by atomic mass is 10.1. The molecular formula is C15H12FN3OS. The number of pyridine rings is 1. The second-order valence-corrected chi connectivity index (χ2v) is 4.83. The number of H-pyrrole nitrogens is 2. The number of imidazole rings is 1. The van der Waals surface area contributed by atoms with Crippen LogP contribution >= 0.6 is 12.2 Å². The molecule has 1 aromatic carbocycles. The Kier molecular flexibility index (Phi) is 3.53. The van der Waals surface area contributed by atoms with E-state index in [0.717, 1.165) is 22.5 Å². The van der Waals surface area contributed by atoms with Crippen LogP contribution in [-0.2, 0) is 0 Å². The van der Waals surface area contributed by atoms with Gasteiger partial charge >= 0.3 is 0 Å². The summed E-state index contributed by atoms with van der Waals surface area (Å²) in [7, 11) is 1.56. The van der Waals surface area contributed by atoms with E-state index in [4.69, 9.17) is 17.0 Å². The molecule has 0 aliphatic carbocycles. The summed E-state index contributed by atoms with van der Waals surface area (Å²) < 4.78 is 18.7. The van der Waals surface area contributed by atoms with Crippen molar-refractivity contribution < 1.29 is 9.13 Å². The minimum absolute atomic E-state index is 0.278. The number of benzene rings is 1. The molecule has 3 aromatic rings. The number of rotatable bonds is 3. The van der Waals surface area contributed by atoms with Gasteiger partial charge in [-0.05, 0) is 42.5 Å². The molecule has 0 bridgehead atoms. The van der Waals surface area contributed by atoms with Crippen LogP contribution in [0.15, 0.2) is 42.6 Å². The number of methoxy groups -OCH3 is 1. The summed E-state index contributed by atoms with van der Waals surface area (Å²) in [4.78, 5) is 10.3. The summed E-state index contributed by atoms with van der Waals surface area (Å²) in [6.45, 7) is 0. The Morgan fingerprint density at radius 3 is 2.38 bits per heavy atom. The minimum Gasteiger partial charge on any atom is -0.481 e. The lowest BCUT2D eigenvalue weighted by Gasteiger charge is -2.05. The molecule has 0 spiro atoms. The van der Waals surface area contributed by atoms with Crippen molar-refractivity contribution in [2.45, 2.75) is 0 Å². The molecule has 0 fully saturated rings. The molecule has 2 aromatic heterocycles. The van der Waals surface area contributed by atoms with E-state index < -0.39 is 0 Å². The highest BCUT2D eigenvalue weighted by atomic mass is 32.1. The molecule has 0 radical (unpaired) electrons. The van der Waals surface area contributed by atoms with Crippen LogP contribution in [0.5, 0.6) is 5.88 Å². The van der Waals surface area contributed by atoms with Gasteiger partial charge in [-0.15, -0.1) is 0 Å². The van der Waals surface area contributed by atoms with Gasteiger partial charge < -0.3 is 14.7 Å². The van der Waals surface area contributed by atoms with E-state index in [9.17, 15) is 4.39 Å². The number of aromatic nitrogens is 3. The highest BCUT2D eigenvalue weighted by Gasteiger charge is 2.11. The molecule has 2 N–H and O–H groups in total. The molecule has 0 atom stereocenters. The molecule has 6 heteroatoms. The molecular weight excluding hydrogens is 289 g/mol. The Balaban J connectivity index is 2.15. The monoisotopic (exact) mass is 301 g/mol. The Labute approximate surface area is 125 Å². The van der Waals surface area contributed by atoms with Crippen LogP contribution in [0.4, 0.5) is 4.39 Å². The first-order chi connectivity index (χ1) is 10.2. The summed E-state index contributed by atoms with van der Waals surface area (Å²) >= 11 is 5.18. The van der Waals surface area contributed by atoms with Crippen molar-refractivity contribution in [2.75, 3.05) is 7.11 Å². The van der Waals surface area contributed by atoms with Gasteiger partial charge in [0.05, 0.1) is 18.5 Å². The number of ether oxygens (including phenoxy) is 1. The van der Waals surface area contributed by atoms with Crippen molar-refractivity contribution in [3.63, 3.8) is 0 Å². The predicted molar refractivity (Wildman–Crippen MR) is 81.2 cm³/mol. The normalized spacial score (nSPS) is 10.6. The fourth-order valence-corrected chi connectivity index (χ4v) is 2.31. The smallest absolute Gasteiger partial charge is 0.213 e. The highest BCUT2D eigenvalue weighted by Crippen LogP contribution is 2.30. The summed E-state index contributed by atoms with van der Waals surface area (Å²) in [6.07, 6.45) is 1.66. The third-order valence-electron chi connectivity index (χ3n) is 3.09. The molecule has 2 heterocycles. The molecule has 106 valence electrons. The number of halogens is 1. The van der Waals surface area contributed by atoms with E-state index in [2.05, 4.69) is 15.0 Å². The first kappa shape index (κ1) is 13.5. The maximum Gasteiger partial charge on any atom is 0.213 e. The van der Waals surface area contributed by atoms with Gasteiger partial charge in [0.2, 0.25) is 5.88 Å². The molecule has 0 amide bonds. The van der Waals surface area contributed by atoms with E-state index in [0.29, 0.717) is 10.7 Å². The van der Waals surface area contributed by atoms with E-state index in [1.54, 1.807) is 25.4 Å². The largest absolute Gasteiger partial charge is 0.481 e. The van der Waals surface area contributed by atoms with Gasteiger partial charge in [-0.3, -0.25) is 0 Å². The second-order valence-electron chi connectivity index (χ2n) is 4.42. The van der Waals surface area contributed by atoms with Crippen LogP contribution in [0, 0.1) is 10.6 Å². The Bertz CT molecular complexity index is 823. The zero-order chi connectivity index (χ0) is 14.8. The summed E-state index contributed by atoms with van der Waals surface area (Å²) in [6, 6.07) is 9.88. The first-order valence-electron chi connectivity index (χ1n) is 6.26. The van der Waals surface area contributed by atoms with Gasteiger partial charge in [-0.1, -0.05) is 0 Å². The lowest BCUT2D eigenvalue weighted by molar-refractivity contribution is 0.398.